The fourth-order valence-electron chi connectivity index (χ4n) is 1.60. The highest BCUT2D eigenvalue weighted by atomic mass is 32.2. The van der Waals surface area contributed by atoms with Crippen molar-refractivity contribution in [3.05, 3.63) is 29.3 Å². The standard InChI is InChI=1S/C14H17NO5S/c1-10-9-13(7-6-12(10)5-4-8-16)21(18,19)15-11(2)14(17)20-3/h6-7,9,11,15-16H,8H2,1-3H3. The molecule has 0 aliphatic carbocycles. The summed E-state index contributed by atoms with van der Waals surface area (Å²) in [6.45, 7) is 2.85. The van der Waals surface area contributed by atoms with Gasteiger partial charge in [-0.3, -0.25) is 4.79 Å². The number of hydrogen-bond donors (Lipinski definition) is 2. The van der Waals surface area contributed by atoms with E-state index in [0.717, 1.165) is 0 Å². The van der Waals surface area contributed by atoms with Crippen molar-refractivity contribution in [1.82, 2.24) is 4.72 Å². The average Bonchev–Trinajstić information content (AvgIpc) is 2.44. The fourth-order valence-corrected chi connectivity index (χ4v) is 2.88. The van der Waals surface area contributed by atoms with Crippen LogP contribution in [0.4, 0.5) is 0 Å². The molecule has 0 aliphatic rings. The Bertz CT molecular complexity index is 685. The van der Waals surface area contributed by atoms with Gasteiger partial charge in [-0.05, 0) is 37.6 Å². The number of hydrogen-bond acceptors (Lipinski definition) is 5. The van der Waals surface area contributed by atoms with E-state index in [1.165, 1.54) is 26.2 Å². The van der Waals surface area contributed by atoms with Gasteiger partial charge >= 0.3 is 5.97 Å². The van der Waals surface area contributed by atoms with E-state index in [-0.39, 0.29) is 11.5 Å². The maximum atomic E-state index is 12.1. The molecule has 0 aliphatic heterocycles. The molecule has 7 heteroatoms. The summed E-state index contributed by atoms with van der Waals surface area (Å²) in [4.78, 5) is 11.3. The Labute approximate surface area is 124 Å². The van der Waals surface area contributed by atoms with Gasteiger partial charge in [0, 0.05) is 5.56 Å². The first-order valence-electron chi connectivity index (χ1n) is 6.12. The monoisotopic (exact) mass is 311 g/mol. The van der Waals surface area contributed by atoms with Crippen LogP contribution >= 0.6 is 0 Å². The maximum absolute atomic E-state index is 12.1. The molecule has 21 heavy (non-hydrogen) atoms. The van der Waals surface area contributed by atoms with E-state index in [2.05, 4.69) is 21.3 Å². The Hall–Kier alpha value is -1.88. The van der Waals surface area contributed by atoms with Crippen molar-refractivity contribution >= 4 is 16.0 Å². The fraction of sp³-hybridized carbons (Fsp3) is 0.357. The summed E-state index contributed by atoms with van der Waals surface area (Å²) in [7, 11) is -2.64. The molecule has 0 heterocycles. The number of aryl methyl sites for hydroxylation is 1. The van der Waals surface area contributed by atoms with Gasteiger partial charge in [0.1, 0.15) is 12.6 Å². The van der Waals surface area contributed by atoms with E-state index >= 15 is 0 Å². The number of rotatable bonds is 4. The first-order valence-corrected chi connectivity index (χ1v) is 7.60. The zero-order valence-corrected chi connectivity index (χ0v) is 12.8. The van der Waals surface area contributed by atoms with Gasteiger partial charge in [-0.1, -0.05) is 11.8 Å². The lowest BCUT2D eigenvalue weighted by Gasteiger charge is -2.12. The molecule has 0 spiro atoms. The molecule has 1 unspecified atom stereocenters. The minimum absolute atomic E-state index is 0.0327. The lowest BCUT2D eigenvalue weighted by atomic mass is 10.1. The van der Waals surface area contributed by atoms with Gasteiger partial charge in [0.2, 0.25) is 10.0 Å². The van der Waals surface area contributed by atoms with Crippen molar-refractivity contribution < 1.29 is 23.1 Å². The van der Waals surface area contributed by atoms with Crippen LogP contribution in [0.3, 0.4) is 0 Å². The highest BCUT2D eigenvalue weighted by molar-refractivity contribution is 7.89. The van der Waals surface area contributed by atoms with E-state index in [9.17, 15) is 13.2 Å². The highest BCUT2D eigenvalue weighted by Gasteiger charge is 2.22. The van der Waals surface area contributed by atoms with Crippen LogP contribution in [0.15, 0.2) is 23.1 Å². The molecule has 0 amide bonds. The Morgan fingerprint density at radius 1 is 1.48 bits per heavy atom. The minimum Gasteiger partial charge on any atom is -0.468 e. The predicted octanol–water partition coefficient (Wildman–Crippen LogP) is 0.179. The van der Waals surface area contributed by atoms with Crippen molar-refractivity contribution in [1.29, 1.82) is 0 Å². The molecule has 1 rings (SSSR count). The van der Waals surface area contributed by atoms with E-state index in [0.29, 0.717) is 11.1 Å². The molecule has 1 aromatic rings. The average molecular weight is 311 g/mol. The molecular formula is C14H17NO5S. The van der Waals surface area contributed by atoms with E-state index in [1.807, 2.05) is 0 Å². The lowest BCUT2D eigenvalue weighted by Crippen LogP contribution is -2.39. The van der Waals surface area contributed by atoms with Crippen molar-refractivity contribution in [2.24, 2.45) is 0 Å². The number of nitrogens with one attached hydrogen (secondary N) is 1. The summed E-state index contributed by atoms with van der Waals surface area (Å²) in [5.74, 6) is 4.55. The molecule has 0 saturated carbocycles. The third-order valence-corrected chi connectivity index (χ3v) is 4.24. The SMILES string of the molecule is COC(=O)C(C)NS(=O)(=O)c1ccc(C#CCO)c(C)c1. The highest BCUT2D eigenvalue weighted by Crippen LogP contribution is 2.15. The number of carbonyl (C=O) groups excluding carboxylic acids is 1. The molecule has 114 valence electrons. The zero-order valence-electron chi connectivity index (χ0n) is 12.0. The van der Waals surface area contributed by atoms with Gasteiger partial charge in [-0.15, -0.1) is 0 Å². The maximum Gasteiger partial charge on any atom is 0.323 e. The second-order valence-electron chi connectivity index (χ2n) is 4.30. The smallest absolute Gasteiger partial charge is 0.323 e. The lowest BCUT2D eigenvalue weighted by molar-refractivity contribution is -0.142. The number of aliphatic hydroxyl groups is 1. The Morgan fingerprint density at radius 3 is 2.67 bits per heavy atom. The van der Waals surface area contributed by atoms with Crippen LogP contribution in [0.5, 0.6) is 0 Å². The van der Waals surface area contributed by atoms with Crippen LogP contribution in [0, 0.1) is 18.8 Å². The largest absolute Gasteiger partial charge is 0.468 e. The number of carbonyl (C=O) groups is 1. The zero-order chi connectivity index (χ0) is 16.0. The van der Waals surface area contributed by atoms with Crippen LogP contribution < -0.4 is 4.72 Å². The topological polar surface area (TPSA) is 92.7 Å². The molecule has 0 bridgehead atoms. The summed E-state index contributed by atoms with van der Waals surface area (Å²) in [6.07, 6.45) is 0. The van der Waals surface area contributed by atoms with Gasteiger partial charge in [-0.2, -0.15) is 4.72 Å². The summed E-state index contributed by atoms with van der Waals surface area (Å²) in [5, 5.41) is 8.65. The van der Waals surface area contributed by atoms with Crippen LogP contribution in [0.2, 0.25) is 0 Å². The molecular weight excluding hydrogens is 294 g/mol. The second-order valence-corrected chi connectivity index (χ2v) is 6.02. The molecule has 0 aromatic heterocycles. The van der Waals surface area contributed by atoms with Crippen molar-refractivity contribution in [2.45, 2.75) is 24.8 Å². The summed E-state index contributed by atoms with van der Waals surface area (Å²) in [5.41, 5.74) is 1.29. The number of methoxy groups -OCH3 is 1. The minimum atomic E-state index is -3.82. The number of esters is 1. The van der Waals surface area contributed by atoms with Crippen molar-refractivity contribution in [3.63, 3.8) is 0 Å². The molecule has 0 fully saturated rings. The summed E-state index contributed by atoms with van der Waals surface area (Å²) < 4.78 is 31.0. The molecule has 0 radical (unpaired) electrons. The van der Waals surface area contributed by atoms with Gasteiger partial charge in [0.25, 0.3) is 0 Å². The Morgan fingerprint density at radius 2 is 2.14 bits per heavy atom. The number of aliphatic hydroxyl groups excluding tert-OH is 1. The summed E-state index contributed by atoms with van der Waals surface area (Å²) >= 11 is 0. The Kier molecular flexibility index (Phi) is 5.90. The quantitative estimate of drug-likeness (QED) is 0.611. The number of sulfonamides is 1. The summed E-state index contributed by atoms with van der Waals surface area (Å²) in [6, 6.07) is 3.42. The van der Waals surface area contributed by atoms with E-state index in [4.69, 9.17) is 5.11 Å². The molecule has 6 nitrogen and oxygen atoms in total. The van der Waals surface area contributed by atoms with Gasteiger partial charge in [0.05, 0.1) is 12.0 Å². The van der Waals surface area contributed by atoms with E-state index in [1.54, 1.807) is 13.0 Å². The number of benzene rings is 1. The third kappa shape index (κ3) is 4.56. The van der Waals surface area contributed by atoms with Gasteiger partial charge < -0.3 is 9.84 Å². The molecule has 1 aromatic carbocycles. The van der Waals surface area contributed by atoms with E-state index < -0.39 is 22.0 Å². The van der Waals surface area contributed by atoms with Crippen LogP contribution in [0.1, 0.15) is 18.1 Å². The van der Waals surface area contributed by atoms with Crippen molar-refractivity contribution in [3.8, 4) is 11.8 Å². The second kappa shape index (κ2) is 7.22. The normalized spacial score (nSPS) is 12.2. The van der Waals surface area contributed by atoms with Crippen molar-refractivity contribution in [2.75, 3.05) is 13.7 Å². The molecule has 2 N–H and O–H groups in total. The van der Waals surface area contributed by atoms with Crippen LogP contribution in [-0.2, 0) is 19.6 Å². The molecule has 0 saturated heterocycles. The third-order valence-electron chi connectivity index (χ3n) is 2.70. The van der Waals surface area contributed by atoms with Gasteiger partial charge in [-0.25, -0.2) is 8.42 Å². The van der Waals surface area contributed by atoms with Gasteiger partial charge in [0.15, 0.2) is 0 Å². The molecule has 1 atom stereocenters. The Balaban J connectivity index is 3.05. The predicted molar refractivity (Wildman–Crippen MR) is 76.9 cm³/mol. The first-order chi connectivity index (χ1) is 9.81. The number of ether oxygens (including phenoxy) is 1. The first kappa shape index (κ1) is 17.2. The van der Waals surface area contributed by atoms with Crippen LogP contribution in [0.25, 0.3) is 0 Å². The van der Waals surface area contributed by atoms with Crippen LogP contribution in [-0.4, -0.2) is 39.3 Å².